The highest BCUT2D eigenvalue weighted by Crippen LogP contribution is 2.42. The lowest BCUT2D eigenvalue weighted by atomic mass is 9.80. The quantitative estimate of drug-likeness (QED) is 0.819. The van der Waals surface area contributed by atoms with E-state index in [4.69, 9.17) is 5.73 Å². The second kappa shape index (κ2) is 5.27. The van der Waals surface area contributed by atoms with Gasteiger partial charge in [0.2, 0.25) is 0 Å². The minimum atomic E-state index is 0.307. The lowest BCUT2D eigenvalue weighted by molar-refractivity contribution is 0.0249. The zero-order valence-corrected chi connectivity index (χ0v) is 11.9. The highest BCUT2D eigenvalue weighted by Gasteiger charge is 2.45. The first-order valence-corrected chi connectivity index (χ1v) is 7.53. The average molecular weight is 238 g/mol. The van der Waals surface area contributed by atoms with Gasteiger partial charge in [0.25, 0.3) is 0 Å². The molecule has 17 heavy (non-hydrogen) atoms. The van der Waals surface area contributed by atoms with Crippen molar-refractivity contribution in [2.75, 3.05) is 13.6 Å². The van der Waals surface area contributed by atoms with E-state index >= 15 is 0 Å². The largest absolute Gasteiger partial charge is 0.329 e. The molecule has 0 aliphatic heterocycles. The molecule has 4 unspecified atom stereocenters. The fourth-order valence-electron chi connectivity index (χ4n) is 4.32. The summed E-state index contributed by atoms with van der Waals surface area (Å²) in [6.07, 6.45) is 9.64. The highest BCUT2D eigenvalue weighted by molar-refractivity contribution is 5.01. The van der Waals surface area contributed by atoms with Gasteiger partial charge in [-0.2, -0.15) is 0 Å². The summed E-state index contributed by atoms with van der Waals surface area (Å²) in [4.78, 5) is 2.68. The maximum Gasteiger partial charge on any atom is 0.0357 e. The molecule has 0 aromatic carbocycles. The van der Waals surface area contributed by atoms with Crippen molar-refractivity contribution in [1.29, 1.82) is 0 Å². The molecule has 100 valence electrons. The fourth-order valence-corrected chi connectivity index (χ4v) is 4.32. The Morgan fingerprint density at radius 3 is 2.47 bits per heavy atom. The minimum absolute atomic E-state index is 0.307. The van der Waals surface area contributed by atoms with E-state index in [0.29, 0.717) is 5.54 Å². The second-order valence-electron chi connectivity index (χ2n) is 6.64. The predicted octanol–water partition coefficient (Wildman–Crippen LogP) is 3.01. The molecule has 2 fully saturated rings. The SMILES string of the molecule is CC1CCCC(N(C)C2(CN)CCCC2C)C1. The monoisotopic (exact) mass is 238 g/mol. The number of nitrogens with zero attached hydrogens (tertiary/aromatic N) is 1. The van der Waals surface area contributed by atoms with Crippen LogP contribution >= 0.6 is 0 Å². The molecule has 0 aromatic rings. The van der Waals surface area contributed by atoms with Gasteiger partial charge in [-0.15, -0.1) is 0 Å². The van der Waals surface area contributed by atoms with Gasteiger partial charge in [0.1, 0.15) is 0 Å². The van der Waals surface area contributed by atoms with Crippen LogP contribution in [0.4, 0.5) is 0 Å². The summed E-state index contributed by atoms with van der Waals surface area (Å²) in [5.41, 5.74) is 6.47. The Balaban J connectivity index is 2.08. The van der Waals surface area contributed by atoms with Crippen LogP contribution in [0, 0.1) is 11.8 Å². The van der Waals surface area contributed by atoms with Gasteiger partial charge in [0.15, 0.2) is 0 Å². The van der Waals surface area contributed by atoms with Crippen LogP contribution in [0.5, 0.6) is 0 Å². The van der Waals surface area contributed by atoms with E-state index in [1.54, 1.807) is 0 Å². The van der Waals surface area contributed by atoms with Gasteiger partial charge in [-0.05, 0) is 44.6 Å². The van der Waals surface area contributed by atoms with E-state index in [2.05, 4.69) is 25.8 Å². The van der Waals surface area contributed by atoms with E-state index < -0.39 is 0 Å². The Morgan fingerprint density at radius 1 is 1.18 bits per heavy atom. The number of hydrogen-bond acceptors (Lipinski definition) is 2. The first-order valence-electron chi connectivity index (χ1n) is 7.53. The number of rotatable bonds is 3. The van der Waals surface area contributed by atoms with Gasteiger partial charge in [-0.25, -0.2) is 0 Å². The number of likely N-dealkylation sites (N-methyl/N-ethyl adjacent to an activating group) is 1. The molecule has 2 nitrogen and oxygen atoms in total. The van der Waals surface area contributed by atoms with Crippen LogP contribution in [0.1, 0.15) is 58.8 Å². The molecule has 0 bridgehead atoms. The molecule has 0 spiro atoms. The van der Waals surface area contributed by atoms with Crippen molar-refractivity contribution in [3.8, 4) is 0 Å². The fraction of sp³-hybridized carbons (Fsp3) is 1.00. The third kappa shape index (κ3) is 2.39. The molecule has 2 aliphatic rings. The van der Waals surface area contributed by atoms with Crippen molar-refractivity contribution in [3.63, 3.8) is 0 Å². The molecule has 2 saturated carbocycles. The average Bonchev–Trinajstić information content (AvgIpc) is 2.70. The standard InChI is InChI=1S/C15H30N2/c1-12-6-4-8-14(10-12)17(3)15(11-16)9-5-7-13(15)2/h12-14H,4-11,16H2,1-3H3. The summed E-state index contributed by atoms with van der Waals surface area (Å²) in [6.45, 7) is 5.66. The van der Waals surface area contributed by atoms with Gasteiger partial charge < -0.3 is 5.73 Å². The molecule has 2 heteroatoms. The maximum atomic E-state index is 6.16. The zero-order valence-electron chi connectivity index (χ0n) is 11.9. The molecular formula is C15H30N2. The molecule has 0 aromatic heterocycles. The van der Waals surface area contributed by atoms with Gasteiger partial charge in [-0.3, -0.25) is 4.90 Å². The molecule has 0 heterocycles. The van der Waals surface area contributed by atoms with E-state index in [1.807, 2.05) is 0 Å². The van der Waals surface area contributed by atoms with Crippen molar-refractivity contribution < 1.29 is 0 Å². The van der Waals surface area contributed by atoms with Gasteiger partial charge in [-0.1, -0.05) is 33.1 Å². The van der Waals surface area contributed by atoms with Crippen LogP contribution in [-0.4, -0.2) is 30.1 Å². The Morgan fingerprint density at radius 2 is 1.94 bits per heavy atom. The Bertz CT molecular complexity index is 253. The van der Waals surface area contributed by atoms with E-state index in [0.717, 1.165) is 24.4 Å². The molecule has 0 saturated heterocycles. The third-order valence-electron chi connectivity index (χ3n) is 5.68. The van der Waals surface area contributed by atoms with Crippen LogP contribution in [-0.2, 0) is 0 Å². The topological polar surface area (TPSA) is 29.3 Å². The summed E-state index contributed by atoms with van der Waals surface area (Å²) in [7, 11) is 2.34. The number of nitrogens with two attached hydrogens (primary N) is 1. The molecule has 2 aliphatic carbocycles. The number of hydrogen-bond donors (Lipinski definition) is 1. The Kier molecular flexibility index (Phi) is 4.14. The van der Waals surface area contributed by atoms with E-state index in [-0.39, 0.29) is 0 Å². The summed E-state index contributed by atoms with van der Waals surface area (Å²) in [5, 5.41) is 0. The molecule has 0 radical (unpaired) electrons. The van der Waals surface area contributed by atoms with E-state index in [1.165, 1.54) is 44.9 Å². The molecule has 2 N–H and O–H groups in total. The highest BCUT2D eigenvalue weighted by atomic mass is 15.2. The lowest BCUT2D eigenvalue weighted by Crippen LogP contribution is -2.58. The Hall–Kier alpha value is -0.0800. The maximum absolute atomic E-state index is 6.16. The summed E-state index contributed by atoms with van der Waals surface area (Å²) < 4.78 is 0. The molecule has 2 rings (SSSR count). The first-order chi connectivity index (χ1) is 8.10. The van der Waals surface area contributed by atoms with Crippen molar-refractivity contribution in [1.82, 2.24) is 4.90 Å². The van der Waals surface area contributed by atoms with Crippen LogP contribution in [0.25, 0.3) is 0 Å². The van der Waals surface area contributed by atoms with Crippen LogP contribution in [0.15, 0.2) is 0 Å². The van der Waals surface area contributed by atoms with Crippen LogP contribution in [0.3, 0.4) is 0 Å². The third-order valence-corrected chi connectivity index (χ3v) is 5.68. The normalized spacial score (nSPS) is 43.2. The molecular weight excluding hydrogens is 208 g/mol. The van der Waals surface area contributed by atoms with Crippen molar-refractivity contribution in [2.24, 2.45) is 17.6 Å². The minimum Gasteiger partial charge on any atom is -0.329 e. The van der Waals surface area contributed by atoms with Crippen LogP contribution < -0.4 is 5.73 Å². The van der Waals surface area contributed by atoms with Crippen LogP contribution in [0.2, 0.25) is 0 Å². The second-order valence-corrected chi connectivity index (χ2v) is 6.64. The molecule has 4 atom stereocenters. The van der Waals surface area contributed by atoms with Gasteiger partial charge >= 0.3 is 0 Å². The summed E-state index contributed by atoms with van der Waals surface area (Å²) >= 11 is 0. The summed E-state index contributed by atoms with van der Waals surface area (Å²) in [6, 6.07) is 0.780. The van der Waals surface area contributed by atoms with Gasteiger partial charge in [0.05, 0.1) is 0 Å². The molecule has 0 amide bonds. The van der Waals surface area contributed by atoms with E-state index in [9.17, 15) is 0 Å². The van der Waals surface area contributed by atoms with Crippen molar-refractivity contribution in [3.05, 3.63) is 0 Å². The Labute approximate surface area is 107 Å². The van der Waals surface area contributed by atoms with Crippen molar-refractivity contribution >= 4 is 0 Å². The first kappa shape index (κ1) is 13.4. The van der Waals surface area contributed by atoms with Crippen molar-refractivity contribution in [2.45, 2.75) is 70.4 Å². The summed E-state index contributed by atoms with van der Waals surface area (Å²) in [5.74, 6) is 1.68. The predicted molar refractivity (Wildman–Crippen MR) is 74.0 cm³/mol. The lowest BCUT2D eigenvalue weighted by Gasteiger charge is -2.48. The zero-order chi connectivity index (χ0) is 12.5. The smallest absolute Gasteiger partial charge is 0.0357 e. The van der Waals surface area contributed by atoms with Gasteiger partial charge in [0, 0.05) is 18.1 Å².